The van der Waals surface area contributed by atoms with Crippen LogP contribution in [0.25, 0.3) is 0 Å². The van der Waals surface area contributed by atoms with Crippen molar-refractivity contribution >= 4 is 5.95 Å². The molecule has 1 heterocycles. The van der Waals surface area contributed by atoms with E-state index in [9.17, 15) is 0 Å². The molecule has 0 saturated heterocycles. The first-order valence-corrected chi connectivity index (χ1v) is 5.07. The second kappa shape index (κ2) is 4.46. The number of nitrogens with zero attached hydrogens (tertiary/aromatic N) is 2. The van der Waals surface area contributed by atoms with Crippen LogP contribution in [0.2, 0.25) is 0 Å². The molecule has 0 bridgehead atoms. The third-order valence-corrected chi connectivity index (χ3v) is 2.71. The number of aromatic nitrogens is 2. The van der Waals surface area contributed by atoms with E-state index in [1.165, 1.54) is 0 Å². The molecule has 0 radical (unpaired) electrons. The zero-order valence-corrected chi connectivity index (χ0v) is 9.25. The van der Waals surface area contributed by atoms with Crippen molar-refractivity contribution in [3.8, 4) is 0 Å². The fourth-order valence-corrected chi connectivity index (χ4v) is 1.40. The number of imidazole rings is 1. The highest BCUT2D eigenvalue weighted by Gasteiger charge is 2.21. The summed E-state index contributed by atoms with van der Waals surface area (Å²) in [5.74, 6) is 0.905. The van der Waals surface area contributed by atoms with Crippen molar-refractivity contribution in [1.82, 2.24) is 9.55 Å². The maximum atomic E-state index is 5.59. The number of nitrogens with one attached hydrogen (secondary N) is 1. The number of aryl methyl sites for hydroxylation is 1. The third-order valence-electron chi connectivity index (χ3n) is 2.71. The lowest BCUT2D eigenvalue weighted by molar-refractivity contribution is 0.458. The molecule has 4 nitrogen and oxygen atoms in total. The van der Waals surface area contributed by atoms with Gasteiger partial charge in [0.25, 0.3) is 0 Å². The number of rotatable bonds is 5. The van der Waals surface area contributed by atoms with Gasteiger partial charge in [0.15, 0.2) is 0 Å². The Morgan fingerprint density at radius 1 is 1.64 bits per heavy atom. The maximum Gasteiger partial charge on any atom is 0.202 e. The Labute approximate surface area is 85.5 Å². The molecule has 1 unspecified atom stereocenters. The Balaban J connectivity index is 2.69. The molecule has 0 amide bonds. The molecular formula is C10H20N4. The first-order chi connectivity index (χ1) is 6.61. The Morgan fingerprint density at radius 2 is 2.36 bits per heavy atom. The van der Waals surface area contributed by atoms with Crippen LogP contribution in [0, 0.1) is 0 Å². The highest BCUT2D eigenvalue weighted by molar-refractivity contribution is 5.29. The van der Waals surface area contributed by atoms with Gasteiger partial charge in [-0.3, -0.25) is 0 Å². The summed E-state index contributed by atoms with van der Waals surface area (Å²) in [7, 11) is 1.98. The predicted molar refractivity (Wildman–Crippen MR) is 59.2 cm³/mol. The number of anilines is 1. The van der Waals surface area contributed by atoms with Gasteiger partial charge in [0.05, 0.1) is 0 Å². The van der Waals surface area contributed by atoms with Crippen molar-refractivity contribution < 1.29 is 0 Å². The van der Waals surface area contributed by atoms with E-state index in [1.807, 2.05) is 17.8 Å². The second-order valence-corrected chi connectivity index (χ2v) is 3.94. The van der Waals surface area contributed by atoms with E-state index >= 15 is 0 Å². The monoisotopic (exact) mass is 196 g/mol. The molecule has 0 fully saturated rings. The molecule has 0 aliphatic carbocycles. The normalized spacial score (nSPS) is 15.1. The molecule has 14 heavy (non-hydrogen) atoms. The molecule has 0 aliphatic heterocycles. The molecule has 1 aromatic rings. The summed E-state index contributed by atoms with van der Waals surface area (Å²) < 4.78 is 1.98. The number of nitrogens with two attached hydrogens (primary N) is 1. The average molecular weight is 196 g/mol. The summed E-state index contributed by atoms with van der Waals surface area (Å²) in [4.78, 5) is 4.24. The minimum absolute atomic E-state index is 0.0495. The lowest BCUT2D eigenvalue weighted by Crippen LogP contribution is -2.37. The number of hydrogen-bond acceptors (Lipinski definition) is 3. The summed E-state index contributed by atoms with van der Waals surface area (Å²) in [6.07, 6.45) is 5.72. The van der Waals surface area contributed by atoms with E-state index in [-0.39, 0.29) is 5.54 Å². The summed E-state index contributed by atoms with van der Waals surface area (Å²) in [6, 6.07) is 0. The van der Waals surface area contributed by atoms with E-state index in [0.717, 1.165) is 18.8 Å². The van der Waals surface area contributed by atoms with E-state index in [0.29, 0.717) is 6.54 Å². The Morgan fingerprint density at radius 3 is 2.79 bits per heavy atom. The summed E-state index contributed by atoms with van der Waals surface area (Å²) in [6.45, 7) is 5.03. The smallest absolute Gasteiger partial charge is 0.202 e. The number of hydrogen-bond donors (Lipinski definition) is 2. The van der Waals surface area contributed by atoms with Gasteiger partial charge in [0.1, 0.15) is 0 Å². The first kappa shape index (κ1) is 11.0. The van der Waals surface area contributed by atoms with Crippen LogP contribution < -0.4 is 11.1 Å². The molecule has 3 N–H and O–H groups in total. The van der Waals surface area contributed by atoms with Crippen LogP contribution in [0.4, 0.5) is 5.95 Å². The van der Waals surface area contributed by atoms with Gasteiger partial charge in [-0.25, -0.2) is 4.98 Å². The van der Waals surface area contributed by atoms with Gasteiger partial charge in [-0.2, -0.15) is 0 Å². The van der Waals surface area contributed by atoms with Crippen LogP contribution in [0.3, 0.4) is 0 Å². The highest BCUT2D eigenvalue weighted by Crippen LogP contribution is 2.19. The second-order valence-electron chi connectivity index (χ2n) is 3.94. The van der Waals surface area contributed by atoms with Gasteiger partial charge in [-0.1, -0.05) is 6.92 Å². The fourth-order valence-electron chi connectivity index (χ4n) is 1.40. The van der Waals surface area contributed by atoms with Gasteiger partial charge in [0.2, 0.25) is 5.95 Å². The van der Waals surface area contributed by atoms with E-state index in [2.05, 4.69) is 24.1 Å². The third kappa shape index (κ3) is 2.48. The molecule has 1 aromatic heterocycles. The van der Waals surface area contributed by atoms with Crippen molar-refractivity contribution in [2.45, 2.75) is 32.2 Å². The molecule has 0 aromatic carbocycles. The van der Waals surface area contributed by atoms with Crippen molar-refractivity contribution in [3.63, 3.8) is 0 Å². The fraction of sp³-hybridized carbons (Fsp3) is 0.700. The molecule has 0 aliphatic rings. The molecule has 4 heteroatoms. The zero-order chi connectivity index (χ0) is 10.6. The zero-order valence-electron chi connectivity index (χ0n) is 9.25. The minimum Gasteiger partial charge on any atom is -0.350 e. The predicted octanol–water partition coefficient (Wildman–Crippen LogP) is 1.35. The van der Waals surface area contributed by atoms with Gasteiger partial charge in [-0.15, -0.1) is 0 Å². The van der Waals surface area contributed by atoms with Crippen LogP contribution in [0.1, 0.15) is 26.7 Å². The summed E-state index contributed by atoms with van der Waals surface area (Å²) in [5.41, 5.74) is 5.64. The lowest BCUT2D eigenvalue weighted by Gasteiger charge is -2.29. The van der Waals surface area contributed by atoms with Crippen LogP contribution in [-0.4, -0.2) is 21.6 Å². The highest BCUT2D eigenvalue weighted by atomic mass is 15.2. The quantitative estimate of drug-likeness (QED) is 0.747. The molecule has 1 rings (SSSR count). The Kier molecular flexibility index (Phi) is 3.52. The molecule has 0 spiro atoms. The van der Waals surface area contributed by atoms with Crippen LogP contribution >= 0.6 is 0 Å². The SMILES string of the molecule is CCC(C)(CCN)Nc1nccn1C. The summed E-state index contributed by atoms with van der Waals surface area (Å²) >= 11 is 0. The maximum absolute atomic E-state index is 5.59. The van der Waals surface area contributed by atoms with Gasteiger partial charge < -0.3 is 15.6 Å². The van der Waals surface area contributed by atoms with Crippen LogP contribution in [-0.2, 0) is 7.05 Å². The van der Waals surface area contributed by atoms with Crippen molar-refractivity contribution in [2.24, 2.45) is 12.8 Å². The standard InChI is InChI=1S/C10H20N4/c1-4-10(2,5-6-11)13-9-12-7-8-14(9)3/h7-8H,4-6,11H2,1-3H3,(H,12,13). The van der Waals surface area contributed by atoms with E-state index < -0.39 is 0 Å². The van der Waals surface area contributed by atoms with Crippen molar-refractivity contribution in [3.05, 3.63) is 12.4 Å². The minimum atomic E-state index is 0.0495. The molecule has 80 valence electrons. The van der Waals surface area contributed by atoms with Gasteiger partial charge in [-0.05, 0) is 26.3 Å². The van der Waals surface area contributed by atoms with E-state index in [4.69, 9.17) is 5.73 Å². The van der Waals surface area contributed by atoms with E-state index in [1.54, 1.807) is 6.20 Å². The topological polar surface area (TPSA) is 55.9 Å². The lowest BCUT2D eigenvalue weighted by atomic mass is 9.95. The van der Waals surface area contributed by atoms with Crippen molar-refractivity contribution in [2.75, 3.05) is 11.9 Å². The average Bonchev–Trinajstić information content (AvgIpc) is 2.52. The van der Waals surface area contributed by atoms with Gasteiger partial charge in [0, 0.05) is 25.0 Å². The molecule has 0 saturated carbocycles. The van der Waals surface area contributed by atoms with Gasteiger partial charge >= 0.3 is 0 Å². The summed E-state index contributed by atoms with van der Waals surface area (Å²) in [5, 5.41) is 3.43. The van der Waals surface area contributed by atoms with Crippen molar-refractivity contribution in [1.29, 1.82) is 0 Å². The Bertz CT molecular complexity index is 281. The first-order valence-electron chi connectivity index (χ1n) is 5.07. The largest absolute Gasteiger partial charge is 0.350 e. The molecule has 1 atom stereocenters. The van der Waals surface area contributed by atoms with Crippen LogP contribution in [0.5, 0.6) is 0 Å². The Hall–Kier alpha value is -1.03. The molecular weight excluding hydrogens is 176 g/mol. The van der Waals surface area contributed by atoms with Crippen LogP contribution in [0.15, 0.2) is 12.4 Å².